The van der Waals surface area contributed by atoms with Crippen LogP contribution in [-0.2, 0) is 11.3 Å². The Hall–Kier alpha value is -4.28. The third kappa shape index (κ3) is 4.19. The maximum Gasteiger partial charge on any atom is 0.350 e. The van der Waals surface area contributed by atoms with E-state index in [1.165, 1.54) is 16.8 Å². The Labute approximate surface area is 192 Å². The number of halogens is 2. The van der Waals surface area contributed by atoms with Crippen LogP contribution in [-0.4, -0.2) is 51.3 Å². The van der Waals surface area contributed by atoms with Gasteiger partial charge in [-0.3, -0.25) is 4.79 Å². The number of hydrogen-bond acceptors (Lipinski definition) is 6. The van der Waals surface area contributed by atoms with Crippen molar-refractivity contribution in [1.82, 2.24) is 19.2 Å². The third-order valence-electron chi connectivity index (χ3n) is 5.68. The van der Waals surface area contributed by atoms with E-state index in [-0.39, 0.29) is 5.69 Å². The van der Waals surface area contributed by atoms with E-state index in [2.05, 4.69) is 37.3 Å². The number of amides is 1. The third-order valence-corrected chi connectivity index (χ3v) is 5.68. The first-order valence-electron chi connectivity index (χ1n) is 10.7. The van der Waals surface area contributed by atoms with Crippen LogP contribution in [0.4, 0.5) is 26.0 Å². The predicted octanol–water partition coefficient (Wildman–Crippen LogP) is 2.13. The van der Waals surface area contributed by atoms with Gasteiger partial charge in [-0.15, -0.1) is 5.10 Å². The number of rotatable bonds is 5. The molecule has 0 aliphatic carbocycles. The standard InChI is InChI=1S/C23H21F2N7O2/c24-16-6-7-19(18(25)14-16)27-20(33)15-32-23(34)31-9-8-26-21(22(31)28-32)30-12-10-29(11-13-30)17-4-2-1-3-5-17/h1-9,14H,10-13,15H2,(H,27,33). The first-order chi connectivity index (χ1) is 16.5. The highest BCUT2D eigenvalue weighted by molar-refractivity contribution is 5.90. The molecule has 4 aromatic rings. The zero-order valence-electron chi connectivity index (χ0n) is 18.1. The normalized spacial score (nSPS) is 13.9. The number of nitrogens with zero attached hydrogens (tertiary/aromatic N) is 6. The Morgan fingerprint density at radius 1 is 1.00 bits per heavy atom. The average molecular weight is 465 g/mol. The zero-order valence-corrected chi connectivity index (χ0v) is 18.1. The Bertz CT molecular complexity index is 1400. The first kappa shape index (κ1) is 21.6. The highest BCUT2D eigenvalue weighted by Gasteiger charge is 2.23. The number of nitrogens with one attached hydrogen (secondary N) is 1. The summed E-state index contributed by atoms with van der Waals surface area (Å²) in [6, 6.07) is 12.9. The lowest BCUT2D eigenvalue weighted by Gasteiger charge is -2.36. The van der Waals surface area contributed by atoms with Gasteiger partial charge in [-0.25, -0.2) is 27.6 Å². The number of anilines is 3. The molecule has 1 N–H and O–H groups in total. The molecule has 1 fully saturated rings. The van der Waals surface area contributed by atoms with E-state index in [9.17, 15) is 18.4 Å². The lowest BCUT2D eigenvalue weighted by Crippen LogP contribution is -2.47. The zero-order chi connectivity index (χ0) is 23.7. The molecular weight excluding hydrogens is 444 g/mol. The highest BCUT2D eigenvalue weighted by Crippen LogP contribution is 2.21. The molecule has 0 saturated carbocycles. The van der Waals surface area contributed by atoms with Crippen molar-refractivity contribution in [2.24, 2.45) is 0 Å². The number of fused-ring (bicyclic) bond motifs is 1. The van der Waals surface area contributed by atoms with Crippen molar-refractivity contribution in [3.63, 3.8) is 0 Å². The number of carbonyl (C=O) groups is 1. The van der Waals surface area contributed by atoms with Gasteiger partial charge in [0, 0.05) is 50.3 Å². The molecule has 9 nitrogen and oxygen atoms in total. The average Bonchev–Trinajstić information content (AvgIpc) is 3.17. The summed E-state index contributed by atoms with van der Waals surface area (Å²) in [5.41, 5.74) is 0.789. The molecule has 0 unspecified atom stereocenters. The van der Waals surface area contributed by atoms with Crippen LogP contribution in [0.15, 0.2) is 65.7 Å². The topological polar surface area (TPSA) is 87.8 Å². The van der Waals surface area contributed by atoms with Crippen LogP contribution in [0, 0.1) is 11.6 Å². The second-order valence-electron chi connectivity index (χ2n) is 7.87. The molecule has 174 valence electrons. The van der Waals surface area contributed by atoms with E-state index in [4.69, 9.17) is 0 Å². The van der Waals surface area contributed by atoms with E-state index in [1.807, 2.05) is 18.2 Å². The van der Waals surface area contributed by atoms with Gasteiger partial charge in [0.2, 0.25) is 11.6 Å². The first-order valence-corrected chi connectivity index (χ1v) is 10.7. The van der Waals surface area contributed by atoms with Crippen molar-refractivity contribution >= 4 is 28.7 Å². The summed E-state index contributed by atoms with van der Waals surface area (Å²) in [5, 5.41) is 6.65. The van der Waals surface area contributed by atoms with Gasteiger partial charge >= 0.3 is 5.69 Å². The quantitative estimate of drug-likeness (QED) is 0.486. The molecule has 11 heteroatoms. The minimum atomic E-state index is -0.906. The van der Waals surface area contributed by atoms with Gasteiger partial charge in [-0.1, -0.05) is 18.2 Å². The number of piperazine rings is 1. The summed E-state index contributed by atoms with van der Waals surface area (Å²) in [5.74, 6) is -1.77. The number of carbonyl (C=O) groups excluding carboxylic acids is 1. The van der Waals surface area contributed by atoms with Gasteiger partial charge in [0.25, 0.3) is 0 Å². The molecule has 2 aromatic heterocycles. The van der Waals surface area contributed by atoms with Crippen molar-refractivity contribution in [3.8, 4) is 0 Å². The van der Waals surface area contributed by atoms with Crippen molar-refractivity contribution in [2.45, 2.75) is 6.54 Å². The molecule has 3 heterocycles. The van der Waals surface area contributed by atoms with Crippen LogP contribution in [0.1, 0.15) is 0 Å². The fraction of sp³-hybridized carbons (Fsp3) is 0.217. The van der Waals surface area contributed by atoms with Crippen molar-refractivity contribution in [3.05, 3.63) is 83.0 Å². The monoisotopic (exact) mass is 465 g/mol. The summed E-state index contributed by atoms with van der Waals surface area (Å²) in [6.45, 7) is 2.51. The van der Waals surface area contributed by atoms with Crippen LogP contribution in [0.5, 0.6) is 0 Å². The summed E-state index contributed by atoms with van der Waals surface area (Å²) in [7, 11) is 0. The molecule has 34 heavy (non-hydrogen) atoms. The van der Waals surface area contributed by atoms with E-state index < -0.39 is 29.8 Å². The Morgan fingerprint density at radius 3 is 2.47 bits per heavy atom. The van der Waals surface area contributed by atoms with E-state index >= 15 is 0 Å². The van der Waals surface area contributed by atoms with Crippen LogP contribution in [0.2, 0.25) is 0 Å². The molecule has 0 bridgehead atoms. The van der Waals surface area contributed by atoms with Gasteiger partial charge in [0.05, 0.1) is 5.69 Å². The van der Waals surface area contributed by atoms with E-state index in [0.717, 1.165) is 35.6 Å². The number of hydrogen-bond donors (Lipinski definition) is 1. The summed E-state index contributed by atoms with van der Waals surface area (Å²) >= 11 is 0. The molecule has 0 spiro atoms. The molecule has 0 atom stereocenters. The maximum absolute atomic E-state index is 13.8. The van der Waals surface area contributed by atoms with Crippen molar-refractivity contribution in [2.75, 3.05) is 41.3 Å². The van der Waals surface area contributed by atoms with Gasteiger partial charge in [-0.05, 0) is 24.3 Å². The van der Waals surface area contributed by atoms with E-state index in [0.29, 0.717) is 30.6 Å². The van der Waals surface area contributed by atoms with Gasteiger partial charge in [0.15, 0.2) is 5.82 Å². The Kier molecular flexibility index (Phi) is 5.66. The van der Waals surface area contributed by atoms with Gasteiger partial charge < -0.3 is 15.1 Å². The van der Waals surface area contributed by atoms with Crippen LogP contribution >= 0.6 is 0 Å². The molecule has 0 radical (unpaired) electrons. The largest absolute Gasteiger partial charge is 0.368 e. The van der Waals surface area contributed by atoms with Crippen LogP contribution in [0.3, 0.4) is 0 Å². The van der Waals surface area contributed by atoms with Gasteiger partial charge in [-0.2, -0.15) is 0 Å². The van der Waals surface area contributed by atoms with Crippen molar-refractivity contribution < 1.29 is 13.6 Å². The smallest absolute Gasteiger partial charge is 0.350 e. The summed E-state index contributed by atoms with van der Waals surface area (Å²) in [6.07, 6.45) is 3.01. The molecule has 5 rings (SSSR count). The summed E-state index contributed by atoms with van der Waals surface area (Å²) in [4.78, 5) is 34.0. The van der Waals surface area contributed by atoms with Gasteiger partial charge in [0.1, 0.15) is 18.2 Å². The lowest BCUT2D eigenvalue weighted by atomic mass is 10.2. The number of para-hydroxylation sites is 1. The molecule has 1 amide bonds. The molecule has 2 aromatic carbocycles. The fourth-order valence-electron chi connectivity index (χ4n) is 3.99. The Morgan fingerprint density at radius 2 is 1.74 bits per heavy atom. The maximum atomic E-state index is 13.8. The Balaban J connectivity index is 1.33. The SMILES string of the molecule is O=C(Cn1nc2c(N3CCN(c4ccccc4)CC3)nccn2c1=O)Nc1ccc(F)cc1F. The second-order valence-corrected chi connectivity index (χ2v) is 7.87. The predicted molar refractivity (Wildman–Crippen MR) is 123 cm³/mol. The lowest BCUT2D eigenvalue weighted by molar-refractivity contribution is -0.117. The minimum Gasteiger partial charge on any atom is -0.368 e. The highest BCUT2D eigenvalue weighted by atomic mass is 19.1. The molecule has 1 aliphatic rings. The number of benzene rings is 2. The molecule has 1 aliphatic heterocycles. The summed E-state index contributed by atoms with van der Waals surface area (Å²) < 4.78 is 29.2. The fourth-order valence-corrected chi connectivity index (χ4v) is 3.99. The number of aromatic nitrogens is 4. The van der Waals surface area contributed by atoms with E-state index in [1.54, 1.807) is 0 Å². The van der Waals surface area contributed by atoms with Crippen LogP contribution < -0.4 is 20.8 Å². The molecule has 1 saturated heterocycles. The minimum absolute atomic E-state index is 0.179. The second kappa shape index (κ2) is 8.93. The van der Waals surface area contributed by atoms with Crippen LogP contribution in [0.25, 0.3) is 5.65 Å². The van der Waals surface area contributed by atoms with Crippen molar-refractivity contribution in [1.29, 1.82) is 0 Å². The molecular formula is C23H21F2N7O2.